The Kier molecular flexibility index (Phi) is 1.89. The second-order valence-electron chi connectivity index (χ2n) is 4.91. The van der Waals surface area contributed by atoms with E-state index < -0.39 is 0 Å². The number of nitrogens with one attached hydrogen (secondary N) is 2. The van der Waals surface area contributed by atoms with Crippen LogP contribution in [0.4, 0.5) is 5.69 Å². The zero-order valence-corrected chi connectivity index (χ0v) is 9.68. The van der Waals surface area contributed by atoms with Gasteiger partial charge in [0.15, 0.2) is 0 Å². The Labute approximate surface area is 95.2 Å². The van der Waals surface area contributed by atoms with Gasteiger partial charge >= 0.3 is 0 Å². The summed E-state index contributed by atoms with van der Waals surface area (Å²) in [5.74, 6) is 0.171. The van der Waals surface area contributed by atoms with Crippen molar-refractivity contribution in [3.8, 4) is 0 Å². The highest BCUT2D eigenvalue weighted by molar-refractivity contribution is 6.08. The molecule has 0 aliphatic carbocycles. The molecule has 0 radical (unpaired) electrons. The van der Waals surface area contributed by atoms with E-state index >= 15 is 0 Å². The van der Waals surface area contributed by atoms with Gasteiger partial charge in [0, 0.05) is 12.2 Å². The lowest BCUT2D eigenvalue weighted by Crippen LogP contribution is -2.36. The second kappa shape index (κ2) is 3.08. The lowest BCUT2D eigenvalue weighted by atomic mass is 9.78. The largest absolute Gasteiger partial charge is 0.325 e. The summed E-state index contributed by atoms with van der Waals surface area (Å²) in [4.78, 5) is 12.2. The Hall–Kier alpha value is -1.35. The minimum Gasteiger partial charge on any atom is -0.325 e. The van der Waals surface area contributed by atoms with Crippen molar-refractivity contribution in [3.63, 3.8) is 0 Å². The number of benzene rings is 1. The van der Waals surface area contributed by atoms with E-state index in [4.69, 9.17) is 0 Å². The number of carbonyl (C=O) groups is 1. The molecule has 0 bridgehead atoms. The van der Waals surface area contributed by atoms with E-state index in [1.807, 2.05) is 0 Å². The Morgan fingerprint density at radius 1 is 1.25 bits per heavy atom. The average Bonchev–Trinajstić information content (AvgIpc) is 2.83. The molecule has 0 saturated carbocycles. The third kappa shape index (κ3) is 1.04. The molecule has 1 aromatic rings. The third-order valence-electron chi connectivity index (χ3n) is 3.93. The highest BCUT2D eigenvalue weighted by atomic mass is 16.2. The van der Waals surface area contributed by atoms with E-state index in [-0.39, 0.29) is 11.3 Å². The zero-order chi connectivity index (χ0) is 11.3. The molecular weight excluding hydrogens is 200 g/mol. The first-order chi connectivity index (χ1) is 7.65. The molecule has 3 rings (SSSR count). The Balaban J connectivity index is 2.27. The highest BCUT2D eigenvalue weighted by Crippen LogP contribution is 2.44. The Bertz CT molecular complexity index is 473. The van der Waals surface area contributed by atoms with Gasteiger partial charge in [-0.3, -0.25) is 4.79 Å². The van der Waals surface area contributed by atoms with Gasteiger partial charge in [-0.05, 0) is 43.5 Å². The van der Waals surface area contributed by atoms with Gasteiger partial charge in [-0.2, -0.15) is 0 Å². The molecule has 2 heterocycles. The van der Waals surface area contributed by atoms with Crippen molar-refractivity contribution in [2.45, 2.75) is 25.7 Å². The van der Waals surface area contributed by atoms with Crippen LogP contribution in [0.5, 0.6) is 0 Å². The molecule has 1 fully saturated rings. The summed E-state index contributed by atoms with van der Waals surface area (Å²) in [5, 5.41) is 6.37. The summed E-state index contributed by atoms with van der Waals surface area (Å²) in [7, 11) is 0. The lowest BCUT2D eigenvalue weighted by Gasteiger charge is -2.21. The molecule has 16 heavy (non-hydrogen) atoms. The molecule has 1 saturated heterocycles. The quantitative estimate of drug-likeness (QED) is 0.690. The fourth-order valence-corrected chi connectivity index (χ4v) is 3.03. The number of amides is 1. The van der Waals surface area contributed by atoms with Crippen molar-refractivity contribution >= 4 is 11.6 Å². The van der Waals surface area contributed by atoms with Crippen molar-refractivity contribution in [3.05, 3.63) is 28.8 Å². The van der Waals surface area contributed by atoms with Crippen molar-refractivity contribution in [1.29, 1.82) is 0 Å². The average molecular weight is 216 g/mol. The fraction of sp³-hybridized carbons (Fsp3) is 0.462. The number of anilines is 1. The molecule has 1 unspecified atom stereocenters. The fourth-order valence-electron chi connectivity index (χ4n) is 3.03. The van der Waals surface area contributed by atoms with Crippen LogP contribution < -0.4 is 10.6 Å². The van der Waals surface area contributed by atoms with E-state index in [9.17, 15) is 4.79 Å². The van der Waals surface area contributed by atoms with Crippen LogP contribution in [0.25, 0.3) is 0 Å². The predicted octanol–water partition coefficient (Wildman–Crippen LogP) is 1.49. The first-order valence-corrected chi connectivity index (χ1v) is 5.78. The van der Waals surface area contributed by atoms with E-state index in [0.717, 1.165) is 30.8 Å². The number of carbonyl (C=O) groups excluding carboxylic acids is 1. The van der Waals surface area contributed by atoms with Gasteiger partial charge in [-0.1, -0.05) is 12.1 Å². The van der Waals surface area contributed by atoms with Crippen molar-refractivity contribution < 1.29 is 4.79 Å². The molecule has 1 amide bonds. The van der Waals surface area contributed by atoms with Gasteiger partial charge in [0.1, 0.15) is 0 Å². The van der Waals surface area contributed by atoms with Crippen LogP contribution in [0.3, 0.4) is 0 Å². The van der Waals surface area contributed by atoms with E-state index in [0.29, 0.717) is 0 Å². The monoisotopic (exact) mass is 216 g/mol. The Morgan fingerprint density at radius 2 is 2.00 bits per heavy atom. The molecular formula is C13H16N2O. The number of aryl methyl sites for hydroxylation is 2. The predicted molar refractivity (Wildman–Crippen MR) is 63.7 cm³/mol. The van der Waals surface area contributed by atoms with Gasteiger partial charge in [-0.15, -0.1) is 0 Å². The zero-order valence-electron chi connectivity index (χ0n) is 9.68. The van der Waals surface area contributed by atoms with Crippen molar-refractivity contribution in [2.24, 2.45) is 0 Å². The van der Waals surface area contributed by atoms with E-state index in [1.54, 1.807) is 0 Å². The molecule has 1 spiro atoms. The first kappa shape index (κ1) is 9.85. The van der Waals surface area contributed by atoms with Crippen molar-refractivity contribution in [2.75, 3.05) is 18.4 Å². The summed E-state index contributed by atoms with van der Waals surface area (Å²) >= 11 is 0. The molecule has 2 aliphatic rings. The minimum atomic E-state index is -0.300. The topological polar surface area (TPSA) is 41.1 Å². The van der Waals surface area contributed by atoms with Gasteiger partial charge < -0.3 is 10.6 Å². The van der Waals surface area contributed by atoms with Gasteiger partial charge in [0.05, 0.1) is 5.41 Å². The molecule has 3 nitrogen and oxygen atoms in total. The van der Waals surface area contributed by atoms with Crippen LogP contribution in [0.2, 0.25) is 0 Å². The second-order valence-corrected chi connectivity index (χ2v) is 4.91. The van der Waals surface area contributed by atoms with E-state index in [1.165, 1.54) is 11.1 Å². The molecule has 3 heteroatoms. The smallest absolute Gasteiger partial charge is 0.236 e. The summed E-state index contributed by atoms with van der Waals surface area (Å²) < 4.78 is 0. The summed E-state index contributed by atoms with van der Waals surface area (Å²) in [6.45, 7) is 5.86. The normalized spacial score (nSPS) is 27.2. The van der Waals surface area contributed by atoms with E-state index in [2.05, 4.69) is 36.6 Å². The van der Waals surface area contributed by atoms with Crippen LogP contribution in [-0.2, 0) is 10.2 Å². The molecule has 1 aromatic carbocycles. The standard InChI is InChI=1S/C13H16N2O/c1-8-3-4-9(2)11-10(8)13(12(16)15-11)5-6-14-7-13/h3-4,14H,5-7H2,1-2H3,(H,15,16). The maximum atomic E-state index is 12.2. The molecule has 0 aromatic heterocycles. The van der Waals surface area contributed by atoms with Crippen LogP contribution in [0.15, 0.2) is 12.1 Å². The maximum absolute atomic E-state index is 12.2. The molecule has 84 valence electrons. The van der Waals surface area contributed by atoms with Crippen LogP contribution in [0, 0.1) is 13.8 Å². The summed E-state index contributed by atoms with van der Waals surface area (Å²) in [6.07, 6.45) is 0.913. The summed E-state index contributed by atoms with van der Waals surface area (Å²) in [5.41, 5.74) is 4.36. The third-order valence-corrected chi connectivity index (χ3v) is 3.93. The molecule has 2 aliphatic heterocycles. The van der Waals surface area contributed by atoms with Crippen molar-refractivity contribution in [1.82, 2.24) is 5.32 Å². The lowest BCUT2D eigenvalue weighted by molar-refractivity contribution is -0.120. The minimum absolute atomic E-state index is 0.171. The SMILES string of the molecule is Cc1ccc(C)c2c1NC(=O)C21CCNC1. The van der Waals surface area contributed by atoms with Gasteiger partial charge in [0.2, 0.25) is 5.91 Å². The van der Waals surface area contributed by atoms with Crippen LogP contribution >= 0.6 is 0 Å². The molecule has 2 N–H and O–H groups in total. The molecule has 1 atom stereocenters. The maximum Gasteiger partial charge on any atom is 0.236 e. The van der Waals surface area contributed by atoms with Gasteiger partial charge in [0.25, 0.3) is 0 Å². The number of hydrogen-bond donors (Lipinski definition) is 2. The van der Waals surface area contributed by atoms with Crippen LogP contribution in [0.1, 0.15) is 23.1 Å². The highest BCUT2D eigenvalue weighted by Gasteiger charge is 2.49. The first-order valence-electron chi connectivity index (χ1n) is 5.78. The number of fused-ring (bicyclic) bond motifs is 2. The summed E-state index contributed by atoms with van der Waals surface area (Å²) in [6, 6.07) is 4.20. The van der Waals surface area contributed by atoms with Gasteiger partial charge in [-0.25, -0.2) is 0 Å². The number of hydrogen-bond acceptors (Lipinski definition) is 2. The Morgan fingerprint density at radius 3 is 2.69 bits per heavy atom. The number of rotatable bonds is 0. The van der Waals surface area contributed by atoms with Crippen LogP contribution in [-0.4, -0.2) is 19.0 Å².